The molecular formula is C19H22FN3O2. The zero-order valence-electron chi connectivity index (χ0n) is 14.4. The van der Waals surface area contributed by atoms with E-state index in [1.807, 2.05) is 0 Å². The molecule has 2 N–H and O–H groups in total. The summed E-state index contributed by atoms with van der Waals surface area (Å²) in [5.74, 6) is -0.558. The first-order valence-electron chi connectivity index (χ1n) is 8.22. The molecule has 0 atom stereocenters. The monoisotopic (exact) mass is 343 g/mol. The van der Waals surface area contributed by atoms with Crippen LogP contribution in [-0.2, 0) is 6.54 Å². The van der Waals surface area contributed by atoms with Gasteiger partial charge in [-0.25, -0.2) is 4.39 Å². The van der Waals surface area contributed by atoms with Crippen molar-refractivity contribution >= 4 is 11.8 Å². The number of hydrogen-bond donors (Lipinski definition) is 2. The lowest BCUT2D eigenvalue weighted by Crippen LogP contribution is -2.27. The molecule has 0 radical (unpaired) electrons. The highest BCUT2D eigenvalue weighted by atomic mass is 19.1. The highest BCUT2D eigenvalue weighted by molar-refractivity contribution is 5.99. The van der Waals surface area contributed by atoms with Crippen LogP contribution < -0.4 is 10.6 Å². The smallest absolute Gasteiger partial charge is 0.253 e. The average Bonchev–Trinajstić information content (AvgIpc) is 2.60. The fraction of sp³-hybridized carbons (Fsp3) is 0.316. The second kappa shape index (κ2) is 8.92. The fourth-order valence-electron chi connectivity index (χ4n) is 2.18. The van der Waals surface area contributed by atoms with Gasteiger partial charge in [-0.15, -0.1) is 0 Å². The molecule has 0 aliphatic rings. The molecule has 132 valence electrons. The molecule has 2 aromatic rings. The molecular weight excluding hydrogens is 321 g/mol. The van der Waals surface area contributed by atoms with Crippen LogP contribution in [0.5, 0.6) is 0 Å². The number of carbonyl (C=O) groups excluding carboxylic acids is 2. The summed E-state index contributed by atoms with van der Waals surface area (Å²) in [5.41, 5.74) is 0.974. The molecule has 25 heavy (non-hydrogen) atoms. The van der Waals surface area contributed by atoms with Gasteiger partial charge >= 0.3 is 0 Å². The van der Waals surface area contributed by atoms with Crippen LogP contribution in [0.1, 0.15) is 46.5 Å². The summed E-state index contributed by atoms with van der Waals surface area (Å²) >= 11 is 0. The molecule has 1 aromatic heterocycles. The molecule has 6 heteroatoms. The van der Waals surface area contributed by atoms with Crippen LogP contribution in [0.2, 0.25) is 0 Å². The van der Waals surface area contributed by atoms with Gasteiger partial charge in [-0.05, 0) is 24.5 Å². The molecule has 0 aliphatic heterocycles. The van der Waals surface area contributed by atoms with Gasteiger partial charge in [0, 0.05) is 31.0 Å². The van der Waals surface area contributed by atoms with Gasteiger partial charge in [0.05, 0.1) is 11.1 Å². The zero-order chi connectivity index (χ0) is 18.2. The van der Waals surface area contributed by atoms with E-state index in [1.54, 1.807) is 18.2 Å². The summed E-state index contributed by atoms with van der Waals surface area (Å²) < 4.78 is 13.6. The number of benzene rings is 1. The zero-order valence-corrected chi connectivity index (χ0v) is 14.4. The lowest BCUT2D eigenvalue weighted by Gasteiger charge is -2.09. The molecule has 0 unspecified atom stereocenters. The fourth-order valence-corrected chi connectivity index (χ4v) is 2.18. The van der Waals surface area contributed by atoms with Crippen molar-refractivity contribution < 1.29 is 14.0 Å². The Morgan fingerprint density at radius 2 is 1.72 bits per heavy atom. The number of aromatic nitrogens is 1. The van der Waals surface area contributed by atoms with E-state index < -0.39 is 5.91 Å². The number of hydrogen-bond acceptors (Lipinski definition) is 3. The Bertz CT molecular complexity index is 747. The number of carbonyl (C=O) groups is 2. The van der Waals surface area contributed by atoms with Gasteiger partial charge in [0.1, 0.15) is 5.82 Å². The number of nitrogens with one attached hydrogen (secondary N) is 2. The first-order chi connectivity index (χ1) is 12.0. The van der Waals surface area contributed by atoms with Crippen LogP contribution in [0, 0.1) is 11.7 Å². The van der Waals surface area contributed by atoms with Crippen molar-refractivity contribution in [2.75, 3.05) is 6.54 Å². The largest absolute Gasteiger partial charge is 0.352 e. The van der Waals surface area contributed by atoms with Crippen molar-refractivity contribution in [3.63, 3.8) is 0 Å². The second-order valence-corrected chi connectivity index (χ2v) is 6.17. The van der Waals surface area contributed by atoms with Gasteiger partial charge in [0.25, 0.3) is 11.8 Å². The SMILES string of the molecule is CC(C)CCNC(=O)c1cncc(C(=O)NCc2ccccc2F)c1. The molecule has 1 heterocycles. The molecule has 0 fully saturated rings. The Morgan fingerprint density at radius 3 is 2.36 bits per heavy atom. The van der Waals surface area contributed by atoms with Crippen LogP contribution in [0.25, 0.3) is 0 Å². The summed E-state index contributed by atoms with van der Waals surface area (Å²) in [6.07, 6.45) is 3.67. The lowest BCUT2D eigenvalue weighted by atomic mass is 10.1. The predicted octanol–water partition coefficient (Wildman–Crippen LogP) is 2.93. The number of pyridine rings is 1. The van der Waals surface area contributed by atoms with Gasteiger partial charge in [-0.1, -0.05) is 32.0 Å². The van der Waals surface area contributed by atoms with E-state index in [-0.39, 0.29) is 23.8 Å². The summed E-state index contributed by atoms with van der Waals surface area (Å²) in [4.78, 5) is 28.2. The summed E-state index contributed by atoms with van der Waals surface area (Å²) in [6, 6.07) is 7.71. The van der Waals surface area contributed by atoms with Crippen LogP contribution in [0.3, 0.4) is 0 Å². The van der Waals surface area contributed by atoms with E-state index in [1.165, 1.54) is 24.5 Å². The molecule has 5 nitrogen and oxygen atoms in total. The standard InChI is InChI=1S/C19H22FN3O2/c1-13(2)7-8-22-18(24)15-9-16(11-21-10-15)19(25)23-12-14-5-3-4-6-17(14)20/h3-6,9-11,13H,7-8,12H2,1-2H3,(H,22,24)(H,23,25). The van der Waals surface area contributed by atoms with Gasteiger partial charge in [0.2, 0.25) is 0 Å². The van der Waals surface area contributed by atoms with E-state index in [0.29, 0.717) is 23.6 Å². The van der Waals surface area contributed by atoms with Crippen LogP contribution in [0.4, 0.5) is 4.39 Å². The third kappa shape index (κ3) is 5.67. The number of nitrogens with zero attached hydrogens (tertiary/aromatic N) is 1. The Morgan fingerprint density at radius 1 is 1.08 bits per heavy atom. The highest BCUT2D eigenvalue weighted by Gasteiger charge is 2.12. The number of amides is 2. The maximum Gasteiger partial charge on any atom is 0.253 e. The van der Waals surface area contributed by atoms with Gasteiger partial charge in [-0.2, -0.15) is 0 Å². The predicted molar refractivity (Wildman–Crippen MR) is 93.6 cm³/mol. The van der Waals surface area contributed by atoms with E-state index >= 15 is 0 Å². The maximum atomic E-state index is 13.6. The summed E-state index contributed by atoms with van der Waals surface area (Å²) in [6.45, 7) is 4.79. The first-order valence-corrected chi connectivity index (χ1v) is 8.22. The van der Waals surface area contributed by atoms with Gasteiger partial charge in [0.15, 0.2) is 0 Å². The minimum atomic E-state index is -0.410. The molecule has 0 bridgehead atoms. The van der Waals surface area contributed by atoms with Crippen molar-refractivity contribution in [1.82, 2.24) is 15.6 Å². The quantitative estimate of drug-likeness (QED) is 0.812. The minimum Gasteiger partial charge on any atom is -0.352 e. The van der Waals surface area contributed by atoms with Crippen LogP contribution in [0.15, 0.2) is 42.7 Å². The molecule has 0 aliphatic carbocycles. The third-order valence-corrected chi connectivity index (χ3v) is 3.67. The third-order valence-electron chi connectivity index (χ3n) is 3.67. The summed E-state index contributed by atoms with van der Waals surface area (Å²) in [7, 11) is 0. The molecule has 0 saturated heterocycles. The Labute approximate surface area is 146 Å². The van der Waals surface area contributed by atoms with Crippen molar-refractivity contribution in [3.8, 4) is 0 Å². The van der Waals surface area contributed by atoms with E-state index in [9.17, 15) is 14.0 Å². The lowest BCUT2D eigenvalue weighted by molar-refractivity contribution is 0.0950. The molecule has 2 rings (SSSR count). The van der Waals surface area contributed by atoms with E-state index in [4.69, 9.17) is 0 Å². The van der Waals surface area contributed by atoms with Crippen molar-refractivity contribution in [2.45, 2.75) is 26.8 Å². The van der Waals surface area contributed by atoms with Gasteiger partial charge in [-0.3, -0.25) is 14.6 Å². The Balaban J connectivity index is 1.96. The number of rotatable bonds is 7. The van der Waals surface area contributed by atoms with E-state index in [0.717, 1.165) is 6.42 Å². The topological polar surface area (TPSA) is 71.1 Å². The van der Waals surface area contributed by atoms with E-state index in [2.05, 4.69) is 29.5 Å². The van der Waals surface area contributed by atoms with Crippen molar-refractivity contribution in [2.24, 2.45) is 5.92 Å². The molecule has 1 aromatic carbocycles. The Kier molecular flexibility index (Phi) is 6.62. The number of halogens is 1. The summed E-state index contributed by atoms with van der Waals surface area (Å²) in [5, 5.41) is 5.43. The molecule has 0 saturated carbocycles. The average molecular weight is 343 g/mol. The maximum absolute atomic E-state index is 13.6. The molecule has 0 spiro atoms. The molecule has 2 amide bonds. The van der Waals surface area contributed by atoms with Crippen molar-refractivity contribution in [3.05, 3.63) is 65.2 Å². The minimum absolute atomic E-state index is 0.0658. The first kappa shape index (κ1) is 18.6. The van der Waals surface area contributed by atoms with Gasteiger partial charge < -0.3 is 10.6 Å². The van der Waals surface area contributed by atoms with Crippen LogP contribution >= 0.6 is 0 Å². The Hall–Kier alpha value is -2.76. The highest BCUT2D eigenvalue weighted by Crippen LogP contribution is 2.07. The second-order valence-electron chi connectivity index (χ2n) is 6.17. The van der Waals surface area contributed by atoms with Crippen molar-refractivity contribution in [1.29, 1.82) is 0 Å². The normalized spacial score (nSPS) is 10.6. The van der Waals surface area contributed by atoms with Crippen LogP contribution in [-0.4, -0.2) is 23.3 Å².